The summed E-state index contributed by atoms with van der Waals surface area (Å²) in [7, 11) is 1.90. The lowest BCUT2D eigenvalue weighted by atomic mass is 9.92. The molecular weight excluding hydrogens is 547 g/mol. The van der Waals surface area contributed by atoms with Crippen LogP contribution in [-0.2, 0) is 22.6 Å². The fourth-order valence-corrected chi connectivity index (χ4v) is 6.70. The van der Waals surface area contributed by atoms with Crippen LogP contribution in [0.4, 0.5) is 10.2 Å². The summed E-state index contributed by atoms with van der Waals surface area (Å²) in [5, 5.41) is 11.9. The minimum atomic E-state index is -0.868. The molecule has 2 aromatic carbocycles. The minimum absolute atomic E-state index is 0.0544. The lowest BCUT2D eigenvalue weighted by Crippen LogP contribution is -2.55. The van der Waals surface area contributed by atoms with Crippen LogP contribution >= 0.6 is 0 Å². The van der Waals surface area contributed by atoms with E-state index in [2.05, 4.69) is 60.9 Å². The molecule has 0 spiro atoms. The SMILES string of the molecule is C=CC(=O)N1CCN(c2nc(OC[C@@H]3C[C@H](F)CN3C)nc3c2COC(c2cccc4cccc(C)c24)C3)C[C@@H]1CC#N. The van der Waals surface area contributed by atoms with Crippen LogP contribution in [0, 0.1) is 18.3 Å². The number of aromatic nitrogens is 2. The van der Waals surface area contributed by atoms with Gasteiger partial charge in [0.25, 0.3) is 0 Å². The summed E-state index contributed by atoms with van der Waals surface area (Å²) in [4.78, 5) is 28.0. The maximum atomic E-state index is 14.0. The van der Waals surface area contributed by atoms with Crippen LogP contribution in [0.1, 0.15) is 41.3 Å². The highest BCUT2D eigenvalue weighted by Crippen LogP contribution is 2.38. The van der Waals surface area contributed by atoms with E-state index in [1.165, 1.54) is 22.4 Å². The van der Waals surface area contributed by atoms with Gasteiger partial charge in [0.2, 0.25) is 5.91 Å². The number of likely N-dealkylation sites (N-methyl/N-ethyl adjacent to an activating group) is 1. The number of ether oxygens (including phenoxy) is 2. The predicted molar refractivity (Wildman–Crippen MR) is 162 cm³/mol. The van der Waals surface area contributed by atoms with E-state index in [4.69, 9.17) is 19.4 Å². The van der Waals surface area contributed by atoms with Crippen LogP contribution in [0.5, 0.6) is 6.01 Å². The lowest BCUT2D eigenvalue weighted by molar-refractivity contribution is -0.128. The number of hydrogen-bond donors (Lipinski definition) is 0. The highest BCUT2D eigenvalue weighted by molar-refractivity contribution is 5.89. The number of nitrogens with zero attached hydrogens (tertiary/aromatic N) is 6. The van der Waals surface area contributed by atoms with Gasteiger partial charge in [-0.3, -0.25) is 9.69 Å². The van der Waals surface area contributed by atoms with Crippen LogP contribution in [0.3, 0.4) is 0 Å². The van der Waals surface area contributed by atoms with Crippen molar-refractivity contribution < 1.29 is 18.7 Å². The van der Waals surface area contributed by atoms with Crippen molar-refractivity contribution in [2.75, 3.05) is 44.7 Å². The zero-order valence-electron chi connectivity index (χ0n) is 24.7. The Hall–Kier alpha value is -4.07. The molecule has 3 aliphatic rings. The second-order valence-corrected chi connectivity index (χ2v) is 11.7. The van der Waals surface area contributed by atoms with Crippen LogP contribution in [0.2, 0.25) is 0 Å². The van der Waals surface area contributed by atoms with Crippen molar-refractivity contribution in [1.29, 1.82) is 5.26 Å². The molecule has 2 saturated heterocycles. The van der Waals surface area contributed by atoms with Crippen LogP contribution in [-0.4, -0.2) is 83.8 Å². The Balaban J connectivity index is 1.34. The number of carbonyl (C=O) groups is 1. The number of benzene rings is 2. The fraction of sp³-hybridized carbons (Fsp3) is 0.455. The molecule has 1 amide bonds. The number of nitriles is 1. The second-order valence-electron chi connectivity index (χ2n) is 11.7. The number of alkyl halides is 1. The molecule has 0 radical (unpaired) electrons. The summed E-state index contributed by atoms with van der Waals surface area (Å²) < 4.78 is 26.7. The van der Waals surface area contributed by atoms with Crippen LogP contribution in [0.25, 0.3) is 10.8 Å². The lowest BCUT2D eigenvalue weighted by Gasteiger charge is -2.42. The van der Waals surface area contributed by atoms with Gasteiger partial charge in [0, 0.05) is 44.2 Å². The molecule has 4 atom stereocenters. The van der Waals surface area contributed by atoms with Crippen molar-refractivity contribution in [2.24, 2.45) is 0 Å². The number of halogens is 1. The largest absolute Gasteiger partial charge is 0.462 e. The Labute approximate surface area is 251 Å². The first-order valence-corrected chi connectivity index (χ1v) is 14.9. The average molecular weight is 585 g/mol. The van der Waals surface area contributed by atoms with Crippen molar-refractivity contribution >= 4 is 22.5 Å². The summed E-state index contributed by atoms with van der Waals surface area (Å²) in [5.41, 5.74) is 4.06. The van der Waals surface area contributed by atoms with Crippen molar-refractivity contribution in [1.82, 2.24) is 19.8 Å². The summed E-state index contributed by atoms with van der Waals surface area (Å²) in [6.45, 7) is 8.16. The molecule has 6 rings (SSSR count). The Morgan fingerprint density at radius 2 is 2.02 bits per heavy atom. The highest BCUT2D eigenvalue weighted by Gasteiger charge is 2.35. The van der Waals surface area contributed by atoms with Crippen molar-refractivity contribution in [3.8, 4) is 12.1 Å². The van der Waals surface area contributed by atoms with Gasteiger partial charge in [-0.05, 0) is 48.4 Å². The summed E-state index contributed by atoms with van der Waals surface area (Å²) >= 11 is 0. The summed E-state index contributed by atoms with van der Waals surface area (Å²) in [6, 6.07) is 14.7. The molecule has 0 N–H and O–H groups in total. The number of rotatable bonds is 7. The molecule has 1 aromatic heterocycles. The second kappa shape index (κ2) is 12.3. The van der Waals surface area contributed by atoms with Crippen LogP contribution < -0.4 is 9.64 Å². The van der Waals surface area contributed by atoms with Crippen molar-refractivity contribution in [3.05, 3.63) is 71.4 Å². The fourth-order valence-electron chi connectivity index (χ4n) is 6.70. The van der Waals surface area contributed by atoms with E-state index in [-0.39, 0.29) is 43.1 Å². The molecule has 0 aliphatic carbocycles. The molecule has 4 heterocycles. The maximum absolute atomic E-state index is 14.0. The molecule has 2 fully saturated rings. The van der Waals surface area contributed by atoms with Gasteiger partial charge in [-0.2, -0.15) is 15.2 Å². The van der Waals surface area contributed by atoms with Gasteiger partial charge in [-0.1, -0.05) is 43.0 Å². The molecule has 0 saturated carbocycles. The van der Waals surface area contributed by atoms with E-state index in [0.29, 0.717) is 51.4 Å². The van der Waals surface area contributed by atoms with E-state index in [1.807, 2.05) is 11.9 Å². The van der Waals surface area contributed by atoms with E-state index >= 15 is 0 Å². The Kier molecular flexibility index (Phi) is 8.28. The summed E-state index contributed by atoms with van der Waals surface area (Å²) in [5.74, 6) is 0.515. The molecule has 224 valence electrons. The van der Waals surface area contributed by atoms with Gasteiger partial charge in [0.05, 0.1) is 36.9 Å². The number of anilines is 1. The number of hydrogen-bond acceptors (Lipinski definition) is 8. The highest BCUT2D eigenvalue weighted by atomic mass is 19.1. The Morgan fingerprint density at radius 3 is 2.77 bits per heavy atom. The van der Waals surface area contributed by atoms with Crippen molar-refractivity contribution in [2.45, 2.75) is 57.2 Å². The van der Waals surface area contributed by atoms with E-state index < -0.39 is 6.17 Å². The summed E-state index contributed by atoms with van der Waals surface area (Å²) in [6.07, 6.45) is 1.39. The van der Waals surface area contributed by atoms with Gasteiger partial charge in [-0.25, -0.2) is 4.39 Å². The number of aryl methyl sites for hydroxylation is 1. The Bertz CT molecular complexity index is 1570. The number of piperazine rings is 1. The first-order chi connectivity index (χ1) is 20.9. The third-order valence-corrected chi connectivity index (χ3v) is 8.96. The smallest absolute Gasteiger partial charge is 0.318 e. The van der Waals surface area contributed by atoms with Gasteiger partial charge in [0.1, 0.15) is 18.6 Å². The first kappa shape index (κ1) is 29.0. The van der Waals surface area contributed by atoms with Gasteiger partial charge < -0.3 is 19.3 Å². The van der Waals surface area contributed by atoms with E-state index in [9.17, 15) is 14.4 Å². The molecule has 3 aromatic rings. The molecule has 10 heteroatoms. The van der Waals surface area contributed by atoms with Crippen molar-refractivity contribution in [3.63, 3.8) is 0 Å². The monoisotopic (exact) mass is 584 g/mol. The number of likely N-dealkylation sites (tertiary alicyclic amines) is 1. The number of amides is 1. The average Bonchev–Trinajstić information content (AvgIpc) is 3.35. The zero-order valence-corrected chi connectivity index (χ0v) is 24.7. The molecule has 0 bridgehead atoms. The van der Waals surface area contributed by atoms with Gasteiger partial charge in [0.15, 0.2) is 0 Å². The predicted octanol–water partition coefficient (Wildman–Crippen LogP) is 4.29. The first-order valence-electron chi connectivity index (χ1n) is 14.9. The quantitative estimate of drug-likeness (QED) is 0.380. The third kappa shape index (κ3) is 5.79. The minimum Gasteiger partial charge on any atom is -0.462 e. The Morgan fingerprint density at radius 1 is 1.21 bits per heavy atom. The molecule has 9 nitrogen and oxygen atoms in total. The molecule has 1 unspecified atom stereocenters. The van der Waals surface area contributed by atoms with E-state index in [0.717, 1.165) is 16.8 Å². The maximum Gasteiger partial charge on any atom is 0.318 e. The topological polar surface area (TPSA) is 94.8 Å². The zero-order chi connectivity index (χ0) is 30.1. The van der Waals surface area contributed by atoms with Gasteiger partial charge >= 0.3 is 6.01 Å². The molecular formula is C33H37FN6O3. The number of carbonyl (C=O) groups excluding carboxylic acids is 1. The molecule has 3 aliphatic heterocycles. The van der Waals surface area contributed by atoms with Crippen LogP contribution in [0.15, 0.2) is 49.1 Å². The molecule has 43 heavy (non-hydrogen) atoms. The standard InChI is InChI=1S/C33H37FN6O3/c1-4-30(41)40-14-13-39(18-24(40)11-12-35)32-27-20-42-29(26-10-6-9-22-8-5-7-21(2)31(22)26)16-28(27)36-33(37-32)43-19-25-15-23(34)17-38(25)3/h4-10,23-25,29H,1,11,13-20H2,2-3H3/t23-,24-,25-,29?/m0/s1. The van der Waals surface area contributed by atoms with Gasteiger partial charge in [-0.15, -0.1) is 0 Å². The number of fused-ring (bicyclic) bond motifs is 2. The van der Waals surface area contributed by atoms with E-state index in [1.54, 1.807) is 4.90 Å². The third-order valence-electron chi connectivity index (χ3n) is 8.96. The normalized spacial score (nSPS) is 24.0.